The second-order valence-corrected chi connectivity index (χ2v) is 4.67. The van der Waals surface area contributed by atoms with Crippen LogP contribution in [-0.2, 0) is 4.79 Å². The molecule has 1 aromatic carbocycles. The van der Waals surface area contributed by atoms with Gasteiger partial charge < -0.3 is 10.2 Å². The minimum absolute atomic E-state index is 0.133. The van der Waals surface area contributed by atoms with Gasteiger partial charge in [-0.3, -0.25) is 4.79 Å². The summed E-state index contributed by atoms with van der Waals surface area (Å²) in [6.45, 7) is 1.95. The van der Waals surface area contributed by atoms with Gasteiger partial charge in [0.25, 0.3) is 0 Å². The minimum Gasteiger partial charge on any atom is -0.316 e. The molecule has 0 aliphatic carbocycles. The number of hydrogen-bond donors (Lipinski definition) is 1. The lowest BCUT2D eigenvalue weighted by molar-refractivity contribution is -0.119. The Bertz CT molecular complexity index is 455. The average molecular weight is 243 g/mol. The van der Waals surface area contributed by atoms with E-state index in [2.05, 4.69) is 11.4 Å². The molecular formula is C14H17N3O. The summed E-state index contributed by atoms with van der Waals surface area (Å²) in [6.07, 6.45) is 1.66. The molecule has 2 rings (SSSR count). The van der Waals surface area contributed by atoms with Crippen molar-refractivity contribution in [1.29, 1.82) is 5.26 Å². The van der Waals surface area contributed by atoms with Crippen LogP contribution in [0.3, 0.4) is 0 Å². The summed E-state index contributed by atoms with van der Waals surface area (Å²) < 4.78 is 0. The van der Waals surface area contributed by atoms with Crippen LogP contribution in [0, 0.1) is 17.2 Å². The van der Waals surface area contributed by atoms with Crippen LogP contribution in [0.4, 0.5) is 5.69 Å². The van der Waals surface area contributed by atoms with E-state index in [1.165, 1.54) is 0 Å². The molecule has 1 amide bonds. The molecule has 0 saturated carbocycles. The Morgan fingerprint density at radius 3 is 2.78 bits per heavy atom. The van der Waals surface area contributed by atoms with Crippen LogP contribution in [0.15, 0.2) is 24.3 Å². The summed E-state index contributed by atoms with van der Waals surface area (Å²) in [5.41, 5.74) is 1.45. The molecule has 94 valence electrons. The lowest BCUT2D eigenvalue weighted by Gasteiger charge is -2.19. The van der Waals surface area contributed by atoms with Gasteiger partial charge in [0.15, 0.2) is 0 Å². The van der Waals surface area contributed by atoms with Crippen molar-refractivity contribution in [2.75, 3.05) is 25.0 Å². The maximum absolute atomic E-state index is 12.1. The van der Waals surface area contributed by atoms with E-state index in [-0.39, 0.29) is 5.91 Å². The highest BCUT2D eigenvalue weighted by atomic mass is 16.2. The van der Waals surface area contributed by atoms with Crippen LogP contribution in [0.5, 0.6) is 0 Å². The van der Waals surface area contributed by atoms with E-state index < -0.39 is 0 Å². The molecule has 1 fully saturated rings. The maximum Gasteiger partial charge on any atom is 0.227 e. The minimum atomic E-state index is 0.133. The Morgan fingerprint density at radius 1 is 1.50 bits per heavy atom. The van der Waals surface area contributed by atoms with E-state index in [1.807, 2.05) is 12.1 Å². The summed E-state index contributed by atoms with van der Waals surface area (Å²) in [5.74, 6) is 0.590. The largest absolute Gasteiger partial charge is 0.316 e. The number of nitrogens with zero attached hydrogens (tertiary/aromatic N) is 2. The Hall–Kier alpha value is -1.86. The molecule has 1 aromatic rings. The van der Waals surface area contributed by atoms with Crippen LogP contribution < -0.4 is 10.2 Å². The highest BCUT2D eigenvalue weighted by molar-refractivity contribution is 5.93. The molecule has 1 heterocycles. The number of benzene rings is 1. The predicted molar refractivity (Wildman–Crippen MR) is 70.2 cm³/mol. The van der Waals surface area contributed by atoms with Crippen molar-refractivity contribution in [1.82, 2.24) is 5.32 Å². The Kier molecular flexibility index (Phi) is 3.96. The van der Waals surface area contributed by atoms with E-state index in [1.54, 1.807) is 24.1 Å². The first-order valence-corrected chi connectivity index (χ1v) is 6.18. The zero-order valence-corrected chi connectivity index (χ0v) is 10.5. The Balaban J connectivity index is 1.98. The number of nitriles is 1. The monoisotopic (exact) mass is 243 g/mol. The third-order valence-corrected chi connectivity index (χ3v) is 3.38. The van der Waals surface area contributed by atoms with Crippen LogP contribution in [0.1, 0.15) is 18.4 Å². The van der Waals surface area contributed by atoms with Crippen LogP contribution >= 0.6 is 0 Å². The number of hydrogen-bond acceptors (Lipinski definition) is 3. The molecule has 0 spiro atoms. The van der Waals surface area contributed by atoms with Crippen molar-refractivity contribution in [3.63, 3.8) is 0 Å². The zero-order valence-electron chi connectivity index (χ0n) is 10.5. The summed E-state index contributed by atoms with van der Waals surface area (Å²) in [5, 5.41) is 12.0. The third kappa shape index (κ3) is 2.88. The Labute approximate surface area is 107 Å². The number of amides is 1. The molecule has 4 nitrogen and oxygen atoms in total. The van der Waals surface area contributed by atoms with Gasteiger partial charge >= 0.3 is 0 Å². The Morgan fingerprint density at radius 2 is 2.22 bits per heavy atom. The van der Waals surface area contributed by atoms with E-state index in [4.69, 9.17) is 5.26 Å². The second-order valence-electron chi connectivity index (χ2n) is 4.67. The highest BCUT2D eigenvalue weighted by Gasteiger charge is 2.20. The molecular weight excluding hydrogens is 226 g/mol. The van der Waals surface area contributed by atoms with Gasteiger partial charge in [-0.05, 0) is 49.7 Å². The molecule has 1 N–H and O–H groups in total. The van der Waals surface area contributed by atoms with Gasteiger partial charge in [0.2, 0.25) is 5.91 Å². The van der Waals surface area contributed by atoms with Gasteiger partial charge in [-0.15, -0.1) is 0 Å². The third-order valence-electron chi connectivity index (χ3n) is 3.38. The van der Waals surface area contributed by atoms with Gasteiger partial charge in [-0.2, -0.15) is 5.26 Å². The number of rotatable bonds is 3. The number of anilines is 1. The highest BCUT2D eigenvalue weighted by Crippen LogP contribution is 2.18. The topological polar surface area (TPSA) is 56.1 Å². The zero-order chi connectivity index (χ0) is 13.0. The SMILES string of the molecule is CN(C(=O)CC1CCNC1)c1ccc(C#N)cc1. The smallest absolute Gasteiger partial charge is 0.227 e. The normalized spacial score (nSPS) is 18.3. The van der Waals surface area contributed by atoms with E-state index >= 15 is 0 Å². The average Bonchev–Trinajstić information content (AvgIpc) is 2.91. The van der Waals surface area contributed by atoms with E-state index in [9.17, 15) is 4.79 Å². The van der Waals surface area contributed by atoms with Crippen LogP contribution in [-0.4, -0.2) is 26.0 Å². The number of nitrogens with one attached hydrogen (secondary N) is 1. The van der Waals surface area contributed by atoms with Crippen molar-refractivity contribution in [2.45, 2.75) is 12.8 Å². The molecule has 0 bridgehead atoms. The molecule has 1 aliphatic rings. The molecule has 1 aliphatic heterocycles. The predicted octanol–water partition coefficient (Wildman–Crippen LogP) is 1.52. The molecule has 1 saturated heterocycles. The first-order valence-electron chi connectivity index (χ1n) is 6.18. The molecule has 0 aromatic heterocycles. The lowest BCUT2D eigenvalue weighted by Crippen LogP contribution is -2.28. The molecule has 0 radical (unpaired) electrons. The number of carbonyl (C=O) groups is 1. The quantitative estimate of drug-likeness (QED) is 0.875. The van der Waals surface area contributed by atoms with Gasteiger partial charge in [-0.1, -0.05) is 0 Å². The standard InChI is InChI=1S/C14H17N3O/c1-17(13-4-2-11(9-15)3-5-13)14(18)8-12-6-7-16-10-12/h2-5,12,16H,6-8,10H2,1H3. The fourth-order valence-corrected chi connectivity index (χ4v) is 2.18. The van der Waals surface area contributed by atoms with E-state index in [0.717, 1.165) is 25.2 Å². The summed E-state index contributed by atoms with van der Waals surface area (Å²) in [4.78, 5) is 13.8. The summed E-state index contributed by atoms with van der Waals surface area (Å²) in [7, 11) is 1.78. The summed E-state index contributed by atoms with van der Waals surface area (Å²) in [6, 6.07) is 9.15. The number of carbonyl (C=O) groups excluding carboxylic acids is 1. The van der Waals surface area contributed by atoms with Crippen molar-refractivity contribution < 1.29 is 4.79 Å². The molecule has 1 atom stereocenters. The first kappa shape index (κ1) is 12.6. The van der Waals surface area contributed by atoms with Crippen LogP contribution in [0.2, 0.25) is 0 Å². The van der Waals surface area contributed by atoms with Gasteiger partial charge in [0.1, 0.15) is 0 Å². The molecule has 4 heteroatoms. The first-order chi connectivity index (χ1) is 8.70. The second kappa shape index (κ2) is 5.65. The van der Waals surface area contributed by atoms with Gasteiger partial charge in [0.05, 0.1) is 11.6 Å². The fraction of sp³-hybridized carbons (Fsp3) is 0.429. The van der Waals surface area contributed by atoms with Crippen molar-refractivity contribution in [3.8, 4) is 6.07 Å². The van der Waals surface area contributed by atoms with Crippen LogP contribution in [0.25, 0.3) is 0 Å². The fourth-order valence-electron chi connectivity index (χ4n) is 2.18. The van der Waals surface area contributed by atoms with Gasteiger partial charge in [0, 0.05) is 19.2 Å². The van der Waals surface area contributed by atoms with Crippen molar-refractivity contribution in [2.24, 2.45) is 5.92 Å². The van der Waals surface area contributed by atoms with Gasteiger partial charge in [-0.25, -0.2) is 0 Å². The lowest BCUT2D eigenvalue weighted by atomic mass is 10.0. The molecule has 1 unspecified atom stereocenters. The van der Waals surface area contributed by atoms with E-state index in [0.29, 0.717) is 17.9 Å². The van der Waals surface area contributed by atoms with Crippen molar-refractivity contribution >= 4 is 11.6 Å². The van der Waals surface area contributed by atoms with Crippen molar-refractivity contribution in [3.05, 3.63) is 29.8 Å². The summed E-state index contributed by atoms with van der Waals surface area (Å²) >= 11 is 0. The molecule has 18 heavy (non-hydrogen) atoms. The maximum atomic E-state index is 12.1.